The second-order valence-electron chi connectivity index (χ2n) is 4.88. The van der Waals surface area contributed by atoms with E-state index in [0.29, 0.717) is 29.4 Å². The summed E-state index contributed by atoms with van der Waals surface area (Å²) in [6, 6.07) is 12.6. The predicted octanol–water partition coefficient (Wildman–Crippen LogP) is 3.39. The Kier molecular flexibility index (Phi) is 7.28. The highest BCUT2D eigenvalue weighted by atomic mass is 79.9. The van der Waals surface area contributed by atoms with Gasteiger partial charge in [0.15, 0.2) is 6.61 Å². The normalized spacial score (nSPS) is 10.5. The zero-order valence-corrected chi connectivity index (χ0v) is 15.6. The van der Waals surface area contributed by atoms with Gasteiger partial charge in [-0.25, -0.2) is 5.43 Å². The van der Waals surface area contributed by atoms with Gasteiger partial charge in [-0.2, -0.15) is 5.10 Å². The fourth-order valence-corrected chi connectivity index (χ4v) is 2.33. The van der Waals surface area contributed by atoms with Crippen molar-refractivity contribution in [3.8, 4) is 17.2 Å². The minimum atomic E-state index is -0.364. The Morgan fingerprint density at radius 2 is 2.04 bits per heavy atom. The molecule has 2 aromatic carbocycles. The molecule has 25 heavy (non-hydrogen) atoms. The van der Waals surface area contributed by atoms with Gasteiger partial charge in [0.2, 0.25) is 0 Å². The smallest absolute Gasteiger partial charge is 0.277 e. The van der Waals surface area contributed by atoms with Crippen LogP contribution in [0.2, 0.25) is 0 Å². The Bertz CT molecular complexity index is 750. The maximum atomic E-state index is 11.8. The van der Waals surface area contributed by atoms with Crippen LogP contribution in [0.15, 0.2) is 52.0 Å². The molecule has 0 heterocycles. The average molecular weight is 407 g/mol. The van der Waals surface area contributed by atoms with Crippen LogP contribution in [-0.4, -0.2) is 32.4 Å². The molecule has 0 bridgehead atoms. The van der Waals surface area contributed by atoms with E-state index in [-0.39, 0.29) is 12.5 Å². The highest BCUT2D eigenvalue weighted by Gasteiger charge is 2.05. The second-order valence-corrected chi connectivity index (χ2v) is 5.79. The van der Waals surface area contributed by atoms with E-state index in [1.807, 2.05) is 19.1 Å². The quantitative estimate of drug-likeness (QED) is 0.538. The number of hydrogen-bond acceptors (Lipinski definition) is 5. The Labute approximate surface area is 154 Å². The van der Waals surface area contributed by atoms with E-state index in [0.717, 1.165) is 4.47 Å². The number of nitrogens with zero attached hydrogens (tertiary/aromatic N) is 1. The lowest BCUT2D eigenvalue weighted by Gasteiger charge is -2.09. The molecule has 0 spiro atoms. The van der Waals surface area contributed by atoms with Gasteiger partial charge < -0.3 is 14.2 Å². The van der Waals surface area contributed by atoms with E-state index in [9.17, 15) is 4.79 Å². The van der Waals surface area contributed by atoms with Gasteiger partial charge >= 0.3 is 0 Å². The first kappa shape index (κ1) is 18.8. The van der Waals surface area contributed by atoms with Gasteiger partial charge in [-0.05, 0) is 43.3 Å². The number of halogens is 1. The van der Waals surface area contributed by atoms with Gasteiger partial charge in [-0.3, -0.25) is 4.79 Å². The van der Waals surface area contributed by atoms with Crippen LogP contribution in [0.1, 0.15) is 12.5 Å². The van der Waals surface area contributed by atoms with Gasteiger partial charge in [0, 0.05) is 10.0 Å². The molecule has 0 saturated carbocycles. The predicted molar refractivity (Wildman–Crippen MR) is 99.5 cm³/mol. The fourth-order valence-electron chi connectivity index (χ4n) is 1.95. The van der Waals surface area contributed by atoms with Gasteiger partial charge in [0.25, 0.3) is 5.91 Å². The minimum absolute atomic E-state index is 0.135. The Morgan fingerprint density at radius 1 is 1.20 bits per heavy atom. The zero-order valence-electron chi connectivity index (χ0n) is 14.0. The Balaban J connectivity index is 1.92. The van der Waals surface area contributed by atoms with Crippen LogP contribution in [0.25, 0.3) is 0 Å². The van der Waals surface area contributed by atoms with E-state index in [4.69, 9.17) is 14.2 Å². The molecule has 6 nitrogen and oxygen atoms in total. The molecule has 0 radical (unpaired) electrons. The molecule has 2 rings (SSSR count). The van der Waals surface area contributed by atoms with Crippen molar-refractivity contribution in [1.82, 2.24) is 5.43 Å². The maximum absolute atomic E-state index is 11.8. The van der Waals surface area contributed by atoms with Crippen molar-refractivity contribution in [2.24, 2.45) is 5.10 Å². The van der Waals surface area contributed by atoms with Crippen molar-refractivity contribution in [2.45, 2.75) is 6.92 Å². The second kappa shape index (κ2) is 9.68. The van der Waals surface area contributed by atoms with E-state index >= 15 is 0 Å². The lowest BCUT2D eigenvalue weighted by Crippen LogP contribution is -2.24. The standard InChI is InChI=1S/C18H19BrN2O4/c1-3-24-17-8-7-15(23-2)9-13(17)11-20-21-18(22)12-25-16-6-4-5-14(19)10-16/h4-11H,3,12H2,1-2H3,(H,21,22)/b20-11+. The van der Waals surface area contributed by atoms with Gasteiger partial charge in [0.05, 0.1) is 19.9 Å². The summed E-state index contributed by atoms with van der Waals surface area (Å²) in [6.07, 6.45) is 1.50. The van der Waals surface area contributed by atoms with Crippen LogP contribution in [0, 0.1) is 0 Å². The van der Waals surface area contributed by atoms with E-state index in [1.165, 1.54) is 6.21 Å². The van der Waals surface area contributed by atoms with Crippen LogP contribution >= 0.6 is 15.9 Å². The SMILES string of the molecule is CCOc1ccc(OC)cc1/C=N/NC(=O)COc1cccc(Br)c1. The average Bonchev–Trinajstić information content (AvgIpc) is 2.61. The number of methoxy groups -OCH3 is 1. The number of nitrogens with one attached hydrogen (secondary N) is 1. The van der Waals surface area contributed by atoms with Crippen molar-refractivity contribution < 1.29 is 19.0 Å². The third-order valence-corrected chi connectivity index (χ3v) is 3.57. The number of carbonyl (C=O) groups is 1. The Hall–Kier alpha value is -2.54. The van der Waals surface area contributed by atoms with Crippen LogP contribution in [0.5, 0.6) is 17.2 Å². The largest absolute Gasteiger partial charge is 0.497 e. The van der Waals surface area contributed by atoms with E-state index in [1.54, 1.807) is 37.4 Å². The third kappa shape index (κ3) is 6.11. The summed E-state index contributed by atoms with van der Waals surface area (Å²) in [4.78, 5) is 11.8. The first-order valence-electron chi connectivity index (χ1n) is 7.63. The summed E-state index contributed by atoms with van der Waals surface area (Å²) in [5, 5.41) is 3.94. The number of rotatable bonds is 8. The molecule has 1 N–H and O–H groups in total. The molecular formula is C18H19BrN2O4. The van der Waals surface area contributed by atoms with Gasteiger partial charge in [-0.15, -0.1) is 0 Å². The topological polar surface area (TPSA) is 69.2 Å². The third-order valence-electron chi connectivity index (χ3n) is 3.08. The highest BCUT2D eigenvalue weighted by Crippen LogP contribution is 2.22. The van der Waals surface area contributed by atoms with Crippen molar-refractivity contribution >= 4 is 28.1 Å². The van der Waals surface area contributed by atoms with Crippen LogP contribution in [-0.2, 0) is 4.79 Å². The van der Waals surface area contributed by atoms with E-state index in [2.05, 4.69) is 26.5 Å². The van der Waals surface area contributed by atoms with E-state index < -0.39 is 0 Å². The first-order chi connectivity index (χ1) is 12.1. The fraction of sp³-hybridized carbons (Fsp3) is 0.222. The molecule has 0 fully saturated rings. The lowest BCUT2D eigenvalue weighted by molar-refractivity contribution is -0.123. The highest BCUT2D eigenvalue weighted by molar-refractivity contribution is 9.10. The van der Waals surface area contributed by atoms with Crippen molar-refractivity contribution in [3.63, 3.8) is 0 Å². The molecule has 7 heteroatoms. The summed E-state index contributed by atoms with van der Waals surface area (Å²) < 4.78 is 17.0. The summed E-state index contributed by atoms with van der Waals surface area (Å²) in [5.74, 6) is 1.57. The number of ether oxygens (including phenoxy) is 3. The van der Waals surface area contributed by atoms with Crippen molar-refractivity contribution in [1.29, 1.82) is 0 Å². The van der Waals surface area contributed by atoms with Crippen LogP contribution in [0.4, 0.5) is 0 Å². The molecule has 1 amide bonds. The van der Waals surface area contributed by atoms with Crippen molar-refractivity contribution in [3.05, 3.63) is 52.5 Å². The lowest BCUT2D eigenvalue weighted by atomic mass is 10.2. The molecule has 0 aliphatic carbocycles. The molecular weight excluding hydrogens is 388 g/mol. The summed E-state index contributed by atoms with van der Waals surface area (Å²) in [6.45, 7) is 2.29. The molecule has 0 saturated heterocycles. The first-order valence-corrected chi connectivity index (χ1v) is 8.42. The Morgan fingerprint density at radius 3 is 2.76 bits per heavy atom. The number of hydrazone groups is 1. The minimum Gasteiger partial charge on any atom is -0.497 e. The summed E-state index contributed by atoms with van der Waals surface area (Å²) >= 11 is 3.34. The molecule has 0 unspecified atom stereocenters. The number of benzene rings is 2. The maximum Gasteiger partial charge on any atom is 0.277 e. The molecule has 0 aliphatic rings. The summed E-state index contributed by atoms with van der Waals surface area (Å²) in [7, 11) is 1.58. The van der Waals surface area contributed by atoms with Gasteiger partial charge in [-0.1, -0.05) is 22.0 Å². The molecule has 2 aromatic rings. The zero-order chi connectivity index (χ0) is 18.1. The van der Waals surface area contributed by atoms with Crippen molar-refractivity contribution in [2.75, 3.05) is 20.3 Å². The monoisotopic (exact) mass is 406 g/mol. The number of hydrogen-bond donors (Lipinski definition) is 1. The molecule has 0 aliphatic heterocycles. The van der Waals surface area contributed by atoms with Gasteiger partial charge in [0.1, 0.15) is 17.2 Å². The van der Waals surface area contributed by atoms with Crippen LogP contribution in [0.3, 0.4) is 0 Å². The number of carbonyl (C=O) groups excluding carboxylic acids is 1. The molecule has 0 atom stereocenters. The molecule has 132 valence electrons. The molecule has 0 aromatic heterocycles. The van der Waals surface area contributed by atoms with Crippen LogP contribution < -0.4 is 19.6 Å². The number of amides is 1. The summed E-state index contributed by atoms with van der Waals surface area (Å²) in [5.41, 5.74) is 3.12.